The van der Waals surface area contributed by atoms with Crippen molar-refractivity contribution >= 4 is 33.5 Å². The highest BCUT2D eigenvalue weighted by molar-refractivity contribution is 9.10. The largest absolute Gasteiger partial charge is 0.477 e. The molecule has 5 heteroatoms. The monoisotopic (exact) mass is 341 g/mol. The normalized spacial score (nSPS) is 10.7. The molecule has 0 atom stereocenters. The first-order valence-corrected chi connectivity index (χ1v) is 7.10. The Hall–Kier alpha value is -1.26. The van der Waals surface area contributed by atoms with Crippen molar-refractivity contribution in [2.45, 2.75) is 19.9 Å². The summed E-state index contributed by atoms with van der Waals surface area (Å²) in [5.74, 6) is -0.912. The summed E-state index contributed by atoms with van der Waals surface area (Å²) in [7, 11) is 0. The molecule has 0 bridgehead atoms. The van der Waals surface area contributed by atoms with E-state index in [4.69, 9.17) is 11.6 Å². The minimum Gasteiger partial charge on any atom is -0.477 e. The van der Waals surface area contributed by atoms with Gasteiger partial charge in [-0.25, -0.2) is 4.79 Å². The molecule has 0 spiro atoms. The average molecular weight is 343 g/mol. The Bertz CT molecular complexity index is 622. The van der Waals surface area contributed by atoms with Crippen LogP contribution in [0.4, 0.5) is 0 Å². The maximum atomic E-state index is 11.2. The quantitative estimate of drug-likeness (QED) is 0.876. The van der Waals surface area contributed by atoms with E-state index < -0.39 is 5.97 Å². The molecular weight excluding hydrogens is 330 g/mol. The highest BCUT2D eigenvalue weighted by Crippen LogP contribution is 2.32. The number of carboxylic acids is 1. The van der Waals surface area contributed by atoms with E-state index in [-0.39, 0.29) is 0 Å². The van der Waals surface area contributed by atoms with Crippen LogP contribution in [0, 0.1) is 0 Å². The molecule has 100 valence electrons. The Labute approximate surface area is 124 Å². The Balaban J connectivity index is 2.58. The van der Waals surface area contributed by atoms with Crippen molar-refractivity contribution in [3.63, 3.8) is 0 Å². The molecule has 0 aliphatic carbocycles. The van der Waals surface area contributed by atoms with Crippen LogP contribution in [-0.4, -0.2) is 15.6 Å². The van der Waals surface area contributed by atoms with Crippen LogP contribution in [0.2, 0.25) is 5.02 Å². The standard InChI is InChI=1S/C14H13BrClNO2/c1-2-7-17-12(5-6-13(17)14(18)19)10-4-3-9(16)8-11(10)15/h3-6,8H,2,7H2,1H3,(H,18,19). The Morgan fingerprint density at radius 2 is 2.11 bits per heavy atom. The van der Waals surface area contributed by atoms with E-state index >= 15 is 0 Å². The number of halogens is 2. The fourth-order valence-corrected chi connectivity index (χ4v) is 2.94. The summed E-state index contributed by atoms with van der Waals surface area (Å²) in [5, 5.41) is 9.85. The van der Waals surface area contributed by atoms with Crippen LogP contribution >= 0.6 is 27.5 Å². The van der Waals surface area contributed by atoms with Crippen molar-refractivity contribution in [1.82, 2.24) is 4.57 Å². The molecule has 19 heavy (non-hydrogen) atoms. The van der Waals surface area contributed by atoms with Gasteiger partial charge >= 0.3 is 5.97 Å². The lowest BCUT2D eigenvalue weighted by Gasteiger charge is -2.12. The first kappa shape index (κ1) is 14.2. The fourth-order valence-electron chi connectivity index (χ4n) is 2.05. The van der Waals surface area contributed by atoms with Crippen LogP contribution in [0.5, 0.6) is 0 Å². The Morgan fingerprint density at radius 1 is 1.37 bits per heavy atom. The third kappa shape index (κ3) is 2.85. The van der Waals surface area contributed by atoms with Crippen LogP contribution in [-0.2, 0) is 6.54 Å². The van der Waals surface area contributed by atoms with E-state index in [1.54, 1.807) is 18.2 Å². The molecule has 2 rings (SSSR count). The van der Waals surface area contributed by atoms with Gasteiger partial charge in [0, 0.05) is 27.3 Å². The van der Waals surface area contributed by atoms with Gasteiger partial charge in [-0.15, -0.1) is 0 Å². The first-order chi connectivity index (χ1) is 9.04. The number of benzene rings is 1. The van der Waals surface area contributed by atoms with Gasteiger partial charge in [-0.1, -0.05) is 40.5 Å². The highest BCUT2D eigenvalue weighted by Gasteiger charge is 2.16. The number of nitrogens with zero attached hydrogens (tertiary/aromatic N) is 1. The predicted molar refractivity (Wildman–Crippen MR) is 79.8 cm³/mol. The number of carboxylic acid groups (broad SMARTS) is 1. The lowest BCUT2D eigenvalue weighted by atomic mass is 10.1. The molecule has 0 amide bonds. The van der Waals surface area contributed by atoms with E-state index in [9.17, 15) is 9.90 Å². The van der Waals surface area contributed by atoms with Gasteiger partial charge in [0.2, 0.25) is 0 Å². The molecule has 2 aromatic rings. The smallest absolute Gasteiger partial charge is 0.352 e. The molecule has 1 heterocycles. The summed E-state index contributed by atoms with van der Waals surface area (Å²) in [4.78, 5) is 11.2. The maximum absolute atomic E-state index is 11.2. The van der Waals surface area contributed by atoms with Crippen molar-refractivity contribution in [2.75, 3.05) is 0 Å². The molecular formula is C14H13BrClNO2. The van der Waals surface area contributed by atoms with E-state index in [0.29, 0.717) is 17.3 Å². The fraction of sp³-hybridized carbons (Fsp3) is 0.214. The number of hydrogen-bond acceptors (Lipinski definition) is 1. The van der Waals surface area contributed by atoms with Crippen LogP contribution < -0.4 is 0 Å². The molecule has 1 aromatic heterocycles. The van der Waals surface area contributed by atoms with Crippen LogP contribution in [0.15, 0.2) is 34.8 Å². The van der Waals surface area contributed by atoms with Crippen LogP contribution in [0.25, 0.3) is 11.3 Å². The number of hydrogen-bond donors (Lipinski definition) is 1. The van der Waals surface area contributed by atoms with Crippen molar-refractivity contribution in [3.05, 3.63) is 45.5 Å². The van der Waals surface area contributed by atoms with Gasteiger partial charge in [0.15, 0.2) is 0 Å². The Kier molecular flexibility index (Phi) is 4.32. The molecule has 1 aromatic carbocycles. The summed E-state index contributed by atoms with van der Waals surface area (Å²) >= 11 is 9.40. The van der Waals surface area contributed by atoms with Gasteiger partial charge in [-0.2, -0.15) is 0 Å². The molecule has 0 radical (unpaired) electrons. The molecule has 3 nitrogen and oxygen atoms in total. The Morgan fingerprint density at radius 3 is 2.68 bits per heavy atom. The SMILES string of the molecule is CCCn1c(C(=O)O)ccc1-c1ccc(Cl)cc1Br. The summed E-state index contributed by atoms with van der Waals surface area (Å²) in [6.07, 6.45) is 0.868. The zero-order valence-electron chi connectivity index (χ0n) is 10.4. The minimum absolute atomic E-state index is 0.304. The lowest BCUT2D eigenvalue weighted by molar-refractivity contribution is 0.0685. The molecule has 0 fully saturated rings. The topological polar surface area (TPSA) is 42.2 Å². The van der Waals surface area contributed by atoms with E-state index in [0.717, 1.165) is 22.2 Å². The van der Waals surface area contributed by atoms with Crippen molar-refractivity contribution in [1.29, 1.82) is 0 Å². The van der Waals surface area contributed by atoms with Crippen molar-refractivity contribution in [3.8, 4) is 11.3 Å². The second-order valence-electron chi connectivity index (χ2n) is 4.18. The van der Waals surface area contributed by atoms with Crippen LogP contribution in [0.1, 0.15) is 23.8 Å². The third-order valence-electron chi connectivity index (χ3n) is 2.85. The van der Waals surface area contributed by atoms with E-state index in [1.807, 2.05) is 23.6 Å². The van der Waals surface area contributed by atoms with E-state index in [1.165, 1.54) is 0 Å². The molecule has 0 aliphatic rings. The molecule has 0 unspecified atom stereocenters. The van der Waals surface area contributed by atoms with Gasteiger partial charge in [-0.3, -0.25) is 0 Å². The zero-order valence-corrected chi connectivity index (χ0v) is 12.7. The van der Waals surface area contributed by atoms with Gasteiger partial charge in [-0.05, 0) is 30.7 Å². The number of rotatable bonds is 4. The molecule has 1 N–H and O–H groups in total. The third-order valence-corrected chi connectivity index (χ3v) is 3.75. The summed E-state index contributed by atoms with van der Waals surface area (Å²) in [6, 6.07) is 8.95. The van der Waals surface area contributed by atoms with Crippen LogP contribution in [0.3, 0.4) is 0 Å². The number of carbonyl (C=O) groups is 1. The second-order valence-corrected chi connectivity index (χ2v) is 5.48. The highest BCUT2D eigenvalue weighted by atomic mass is 79.9. The van der Waals surface area contributed by atoms with Crippen molar-refractivity contribution < 1.29 is 9.90 Å². The minimum atomic E-state index is -0.912. The van der Waals surface area contributed by atoms with Gasteiger partial charge in [0.25, 0.3) is 0 Å². The molecule has 0 aliphatic heterocycles. The summed E-state index contributed by atoms with van der Waals surface area (Å²) in [5.41, 5.74) is 2.12. The maximum Gasteiger partial charge on any atom is 0.352 e. The summed E-state index contributed by atoms with van der Waals surface area (Å²) in [6.45, 7) is 2.69. The summed E-state index contributed by atoms with van der Waals surface area (Å²) < 4.78 is 2.67. The second kappa shape index (κ2) is 5.80. The average Bonchev–Trinajstić information content (AvgIpc) is 2.73. The molecule has 0 saturated heterocycles. The van der Waals surface area contributed by atoms with Gasteiger partial charge in [0.05, 0.1) is 0 Å². The number of aromatic nitrogens is 1. The zero-order chi connectivity index (χ0) is 14.0. The lowest BCUT2D eigenvalue weighted by Crippen LogP contribution is -2.09. The molecule has 0 saturated carbocycles. The van der Waals surface area contributed by atoms with Gasteiger partial charge in [0.1, 0.15) is 5.69 Å². The van der Waals surface area contributed by atoms with Crippen molar-refractivity contribution in [2.24, 2.45) is 0 Å². The first-order valence-electron chi connectivity index (χ1n) is 5.92. The number of aromatic carboxylic acids is 1. The predicted octanol–water partition coefficient (Wildman–Crippen LogP) is 4.68. The van der Waals surface area contributed by atoms with Gasteiger partial charge < -0.3 is 9.67 Å². The van der Waals surface area contributed by atoms with E-state index in [2.05, 4.69) is 15.9 Å².